The second-order valence-electron chi connectivity index (χ2n) is 15.2. The lowest BCUT2D eigenvalue weighted by Gasteiger charge is -2.28. The van der Waals surface area contributed by atoms with Crippen LogP contribution in [-0.4, -0.2) is 0 Å². The van der Waals surface area contributed by atoms with Gasteiger partial charge >= 0.3 is 0 Å². The van der Waals surface area contributed by atoms with Gasteiger partial charge in [0, 0.05) is 34.1 Å². The van der Waals surface area contributed by atoms with Gasteiger partial charge in [-0.05, 0) is 157 Å². The van der Waals surface area contributed by atoms with Crippen molar-refractivity contribution in [2.75, 3.05) is 9.80 Å². The van der Waals surface area contributed by atoms with Crippen molar-refractivity contribution < 1.29 is 0 Å². The van der Waals surface area contributed by atoms with Crippen molar-refractivity contribution in [3.05, 3.63) is 210 Å². The van der Waals surface area contributed by atoms with Crippen LogP contribution < -0.4 is 9.80 Å². The molecule has 1 aliphatic carbocycles. The smallest absolute Gasteiger partial charge is 0.0468 e. The topological polar surface area (TPSA) is 6.48 Å². The SMILES string of the molecule is Cc1ccc(N(c2ccc(C)cc2)c2ccc3c(-c4ccccc4)c4cc(N(c5ccc(C)cc5)c5ccc(C)cc5)ccc4c(C4=CCCC=C4)c3c2)cc1. The number of nitrogens with zero attached hydrogens (tertiary/aromatic N) is 2. The number of hydrogen-bond donors (Lipinski definition) is 0. The van der Waals surface area contributed by atoms with E-state index < -0.39 is 0 Å². The highest BCUT2D eigenvalue weighted by atomic mass is 15.1. The Morgan fingerprint density at radius 1 is 0.357 bits per heavy atom. The maximum Gasteiger partial charge on any atom is 0.0468 e. The fraction of sp³-hybridized carbons (Fsp3) is 0.111. The molecule has 0 unspecified atom stereocenters. The van der Waals surface area contributed by atoms with Gasteiger partial charge in [0.05, 0.1) is 0 Å². The van der Waals surface area contributed by atoms with Crippen molar-refractivity contribution >= 4 is 61.2 Å². The second kappa shape index (κ2) is 14.9. The molecule has 0 aliphatic heterocycles. The zero-order valence-electron chi connectivity index (χ0n) is 32.6. The molecule has 0 amide bonds. The first kappa shape index (κ1) is 35.1. The van der Waals surface area contributed by atoms with Crippen LogP contribution in [0.2, 0.25) is 0 Å². The van der Waals surface area contributed by atoms with E-state index in [0.29, 0.717) is 0 Å². The molecule has 0 spiro atoms. The molecule has 9 rings (SSSR count). The van der Waals surface area contributed by atoms with Crippen molar-refractivity contribution in [1.29, 1.82) is 0 Å². The van der Waals surface area contributed by atoms with Gasteiger partial charge in [-0.25, -0.2) is 0 Å². The normalized spacial score (nSPS) is 12.5. The van der Waals surface area contributed by atoms with Gasteiger partial charge in [0.15, 0.2) is 0 Å². The summed E-state index contributed by atoms with van der Waals surface area (Å²) in [7, 11) is 0. The van der Waals surface area contributed by atoms with E-state index in [0.717, 1.165) is 47.0 Å². The van der Waals surface area contributed by atoms with E-state index in [9.17, 15) is 0 Å². The minimum absolute atomic E-state index is 1.03. The summed E-state index contributed by atoms with van der Waals surface area (Å²) in [6, 6.07) is 60.7. The molecule has 8 aromatic rings. The zero-order valence-corrected chi connectivity index (χ0v) is 32.6. The van der Waals surface area contributed by atoms with Gasteiger partial charge in [-0.15, -0.1) is 0 Å². The van der Waals surface area contributed by atoms with E-state index in [1.807, 2.05) is 0 Å². The van der Waals surface area contributed by atoms with Crippen molar-refractivity contribution in [2.45, 2.75) is 40.5 Å². The monoisotopic (exact) mass is 722 g/mol. The van der Waals surface area contributed by atoms with Crippen LogP contribution in [0.15, 0.2) is 182 Å². The number of anilines is 6. The van der Waals surface area contributed by atoms with Crippen molar-refractivity contribution in [3.63, 3.8) is 0 Å². The molecule has 0 radical (unpaired) electrons. The lowest BCUT2D eigenvalue weighted by molar-refractivity contribution is 1.04. The van der Waals surface area contributed by atoms with E-state index in [1.54, 1.807) is 0 Å². The van der Waals surface area contributed by atoms with Crippen LogP contribution in [0.3, 0.4) is 0 Å². The summed E-state index contributed by atoms with van der Waals surface area (Å²) in [6.45, 7) is 8.59. The first-order chi connectivity index (χ1) is 27.4. The largest absolute Gasteiger partial charge is 0.310 e. The summed E-state index contributed by atoms with van der Waals surface area (Å²) in [4.78, 5) is 4.78. The van der Waals surface area contributed by atoms with Gasteiger partial charge in [0.2, 0.25) is 0 Å². The summed E-state index contributed by atoms with van der Waals surface area (Å²) < 4.78 is 0. The van der Waals surface area contributed by atoms with Crippen LogP contribution >= 0.6 is 0 Å². The first-order valence-electron chi connectivity index (χ1n) is 19.7. The molecule has 2 nitrogen and oxygen atoms in total. The molecule has 0 atom stereocenters. The highest BCUT2D eigenvalue weighted by Gasteiger charge is 2.22. The van der Waals surface area contributed by atoms with Gasteiger partial charge in [-0.1, -0.05) is 131 Å². The Bertz CT molecular complexity index is 2650. The molecular weight excluding hydrogens is 677 g/mol. The lowest BCUT2D eigenvalue weighted by atomic mass is 9.84. The Hall–Kier alpha value is -6.64. The molecule has 8 aromatic carbocycles. The Labute approximate surface area is 331 Å². The van der Waals surface area contributed by atoms with Crippen LogP contribution in [0.4, 0.5) is 34.1 Å². The molecule has 0 N–H and O–H groups in total. The predicted molar refractivity (Wildman–Crippen MR) is 242 cm³/mol. The fourth-order valence-electron chi connectivity index (χ4n) is 8.18. The van der Waals surface area contributed by atoms with Crippen LogP contribution in [0.1, 0.15) is 40.7 Å². The summed E-state index contributed by atoms with van der Waals surface area (Å²) in [5.74, 6) is 0. The van der Waals surface area contributed by atoms with Crippen molar-refractivity contribution in [2.24, 2.45) is 0 Å². The maximum atomic E-state index is 2.43. The van der Waals surface area contributed by atoms with E-state index in [2.05, 4.69) is 220 Å². The predicted octanol–water partition coefficient (Wildman–Crippen LogP) is 15.6. The molecule has 0 fully saturated rings. The molecule has 0 heterocycles. The van der Waals surface area contributed by atoms with Gasteiger partial charge in [0.25, 0.3) is 0 Å². The lowest BCUT2D eigenvalue weighted by Crippen LogP contribution is -2.10. The number of benzene rings is 8. The standard InChI is InChI=1S/C54H46N2/c1-37-15-23-43(24-16-37)55(44-25-17-38(2)18-26-44)47-31-33-49-51(35-47)53(41-11-7-5-8-12-41)50-34-32-48(36-52(50)54(49)42-13-9-6-10-14-42)56(45-27-19-39(3)20-28-45)46-29-21-40(4)22-30-46/h5,7-9,11-36H,6,10H2,1-4H3. The second-order valence-corrected chi connectivity index (χ2v) is 15.2. The summed E-state index contributed by atoms with van der Waals surface area (Å²) in [5, 5.41) is 4.98. The van der Waals surface area contributed by atoms with E-state index in [-0.39, 0.29) is 0 Å². The maximum absolute atomic E-state index is 2.43. The van der Waals surface area contributed by atoms with Gasteiger partial charge in [0.1, 0.15) is 0 Å². The quantitative estimate of drug-likeness (QED) is 0.144. The van der Waals surface area contributed by atoms with Gasteiger partial charge in [-0.3, -0.25) is 0 Å². The summed E-state index contributed by atoms with van der Waals surface area (Å²) in [5.41, 5.74) is 16.8. The molecule has 0 saturated heterocycles. The molecule has 56 heavy (non-hydrogen) atoms. The molecule has 0 aromatic heterocycles. The third kappa shape index (κ3) is 6.69. The van der Waals surface area contributed by atoms with Gasteiger partial charge in [-0.2, -0.15) is 0 Å². The average Bonchev–Trinajstić information content (AvgIpc) is 3.23. The molecule has 0 bridgehead atoms. The van der Waals surface area contributed by atoms with Crippen LogP contribution in [0.5, 0.6) is 0 Å². The van der Waals surface area contributed by atoms with Crippen LogP contribution in [0.25, 0.3) is 38.2 Å². The van der Waals surface area contributed by atoms with Crippen LogP contribution in [-0.2, 0) is 0 Å². The van der Waals surface area contributed by atoms with Crippen molar-refractivity contribution in [1.82, 2.24) is 0 Å². The number of fused-ring (bicyclic) bond motifs is 2. The van der Waals surface area contributed by atoms with E-state index in [4.69, 9.17) is 0 Å². The molecule has 1 aliphatic rings. The average molecular weight is 723 g/mol. The fourth-order valence-corrected chi connectivity index (χ4v) is 8.18. The molecular formula is C54H46N2. The van der Waals surface area contributed by atoms with Gasteiger partial charge < -0.3 is 9.80 Å². The Kier molecular flexibility index (Phi) is 9.33. The number of allylic oxidation sites excluding steroid dienone is 4. The summed E-state index contributed by atoms with van der Waals surface area (Å²) >= 11 is 0. The Morgan fingerprint density at radius 2 is 0.750 bits per heavy atom. The zero-order chi connectivity index (χ0) is 38.2. The number of aryl methyl sites for hydroxylation is 4. The minimum atomic E-state index is 1.03. The third-order valence-electron chi connectivity index (χ3n) is 11.1. The minimum Gasteiger partial charge on any atom is -0.310 e. The van der Waals surface area contributed by atoms with E-state index >= 15 is 0 Å². The third-order valence-corrected chi connectivity index (χ3v) is 11.1. The number of rotatable bonds is 8. The van der Waals surface area contributed by atoms with Crippen LogP contribution in [0, 0.1) is 27.7 Å². The Balaban J connectivity index is 1.35. The van der Waals surface area contributed by atoms with Crippen molar-refractivity contribution in [3.8, 4) is 11.1 Å². The highest BCUT2D eigenvalue weighted by Crippen LogP contribution is 2.47. The molecule has 272 valence electrons. The summed E-state index contributed by atoms with van der Waals surface area (Å²) in [6.07, 6.45) is 9.19. The molecule has 2 heteroatoms. The first-order valence-corrected chi connectivity index (χ1v) is 19.7. The van der Waals surface area contributed by atoms with E-state index in [1.165, 1.54) is 66.1 Å². The Morgan fingerprint density at radius 3 is 1.16 bits per heavy atom. The highest BCUT2D eigenvalue weighted by molar-refractivity contribution is 6.20. The molecule has 0 saturated carbocycles. The number of hydrogen-bond acceptors (Lipinski definition) is 2.